The monoisotopic (exact) mass is 227 g/mol. The summed E-state index contributed by atoms with van der Waals surface area (Å²) in [5, 5.41) is 5.20. The Labute approximate surface area is 93.7 Å². The van der Waals surface area contributed by atoms with Gasteiger partial charge < -0.3 is 0 Å². The van der Waals surface area contributed by atoms with Gasteiger partial charge in [-0.3, -0.25) is 9.67 Å². The Kier molecular flexibility index (Phi) is 3.09. The molecule has 1 aliphatic rings. The molecule has 0 amide bonds. The Hall–Kier alpha value is -0.840. The van der Waals surface area contributed by atoms with Crippen LogP contribution in [0.1, 0.15) is 32.6 Å². The molecule has 1 fully saturated rings. The number of hydrogen-bond acceptors (Lipinski definition) is 2. The Bertz CT molecular complexity index is 403. The number of rotatable bonds is 2. The van der Waals surface area contributed by atoms with Gasteiger partial charge in [-0.25, -0.2) is 9.89 Å². The van der Waals surface area contributed by atoms with E-state index in [4.69, 9.17) is 12.2 Å². The number of aromatic nitrogens is 3. The molecule has 0 aromatic carbocycles. The lowest BCUT2D eigenvalue weighted by atomic mass is 9.80. The number of nitrogens with one attached hydrogen (secondary N) is 2. The Balaban J connectivity index is 2.14. The van der Waals surface area contributed by atoms with Crippen LogP contribution >= 0.6 is 12.2 Å². The first kappa shape index (κ1) is 10.7. The summed E-state index contributed by atoms with van der Waals surface area (Å²) in [6, 6.07) is 0. The maximum absolute atomic E-state index is 11.4. The molecule has 0 spiro atoms. The minimum absolute atomic E-state index is 0.113. The van der Waals surface area contributed by atoms with Crippen LogP contribution in [0, 0.1) is 16.6 Å². The second-order valence-electron chi connectivity index (χ2n) is 4.49. The molecule has 1 aromatic heterocycles. The number of aromatic amines is 2. The van der Waals surface area contributed by atoms with E-state index in [2.05, 4.69) is 17.1 Å². The second kappa shape index (κ2) is 4.35. The maximum atomic E-state index is 11.4. The first-order valence-corrected chi connectivity index (χ1v) is 5.97. The molecular formula is C10H17N3OS. The molecule has 2 rings (SSSR count). The summed E-state index contributed by atoms with van der Waals surface area (Å²) in [5.74, 6) is 1.30. The van der Waals surface area contributed by atoms with Crippen molar-refractivity contribution in [2.24, 2.45) is 11.8 Å². The highest BCUT2D eigenvalue weighted by Crippen LogP contribution is 2.30. The van der Waals surface area contributed by atoms with Crippen molar-refractivity contribution in [2.75, 3.05) is 0 Å². The Morgan fingerprint density at radius 3 is 2.73 bits per heavy atom. The molecule has 2 unspecified atom stereocenters. The van der Waals surface area contributed by atoms with Gasteiger partial charge >= 0.3 is 5.69 Å². The van der Waals surface area contributed by atoms with Crippen molar-refractivity contribution < 1.29 is 0 Å². The van der Waals surface area contributed by atoms with Crippen LogP contribution in [0.4, 0.5) is 0 Å². The summed E-state index contributed by atoms with van der Waals surface area (Å²) in [6.07, 6.45) is 5.10. The molecule has 1 aromatic rings. The largest absolute Gasteiger partial charge is 0.342 e. The van der Waals surface area contributed by atoms with Crippen LogP contribution in [-0.2, 0) is 6.54 Å². The van der Waals surface area contributed by atoms with Crippen molar-refractivity contribution in [3.05, 3.63) is 15.3 Å². The molecule has 0 aliphatic heterocycles. The van der Waals surface area contributed by atoms with Gasteiger partial charge in [0, 0.05) is 6.54 Å². The number of hydrogen-bond donors (Lipinski definition) is 2. The molecule has 2 atom stereocenters. The van der Waals surface area contributed by atoms with Crippen molar-refractivity contribution in [3.8, 4) is 0 Å². The lowest BCUT2D eigenvalue weighted by molar-refractivity contribution is 0.226. The molecule has 0 radical (unpaired) electrons. The third-order valence-corrected chi connectivity index (χ3v) is 3.80. The average molecular weight is 227 g/mol. The third kappa shape index (κ3) is 2.22. The highest BCUT2D eigenvalue weighted by atomic mass is 32.1. The summed E-state index contributed by atoms with van der Waals surface area (Å²) in [4.78, 5) is 11.4. The van der Waals surface area contributed by atoms with Crippen molar-refractivity contribution in [1.82, 2.24) is 14.8 Å². The van der Waals surface area contributed by atoms with Crippen LogP contribution in [0.15, 0.2) is 4.79 Å². The quantitative estimate of drug-likeness (QED) is 0.760. The fourth-order valence-electron chi connectivity index (χ4n) is 2.40. The zero-order valence-corrected chi connectivity index (χ0v) is 9.77. The van der Waals surface area contributed by atoms with Gasteiger partial charge in [-0.1, -0.05) is 26.2 Å². The first-order valence-electron chi connectivity index (χ1n) is 5.56. The van der Waals surface area contributed by atoms with E-state index in [1.54, 1.807) is 4.57 Å². The van der Waals surface area contributed by atoms with Gasteiger partial charge in [0.15, 0.2) is 4.77 Å². The normalized spacial score (nSPS) is 26.7. The zero-order chi connectivity index (χ0) is 10.8. The SMILES string of the molecule is CC1CCCCC1Cn1c(=O)[nH][nH]c1=S. The van der Waals surface area contributed by atoms with Crippen LogP contribution in [-0.4, -0.2) is 14.8 Å². The van der Waals surface area contributed by atoms with Gasteiger partial charge in [0.1, 0.15) is 0 Å². The smallest absolute Gasteiger partial charge is 0.272 e. The van der Waals surface area contributed by atoms with E-state index in [-0.39, 0.29) is 5.69 Å². The molecule has 0 saturated heterocycles. The minimum atomic E-state index is -0.113. The molecule has 0 bridgehead atoms. The van der Waals surface area contributed by atoms with Crippen molar-refractivity contribution in [1.29, 1.82) is 0 Å². The van der Waals surface area contributed by atoms with Crippen LogP contribution in [0.3, 0.4) is 0 Å². The molecule has 84 valence electrons. The van der Waals surface area contributed by atoms with Gasteiger partial charge in [-0.05, 0) is 30.5 Å². The molecular weight excluding hydrogens is 210 g/mol. The standard InChI is InChI=1S/C10H17N3OS/c1-7-4-2-3-5-8(7)6-13-9(14)11-12-10(13)15/h7-8H,2-6H2,1H3,(H,11,14)(H,12,15). The van der Waals surface area contributed by atoms with Crippen LogP contribution in [0.5, 0.6) is 0 Å². The van der Waals surface area contributed by atoms with Crippen molar-refractivity contribution in [2.45, 2.75) is 39.2 Å². The fourth-order valence-corrected chi connectivity index (χ4v) is 2.61. The first-order chi connectivity index (χ1) is 7.18. The molecule has 1 heterocycles. The molecule has 5 heteroatoms. The summed E-state index contributed by atoms with van der Waals surface area (Å²) >= 11 is 5.06. The lowest BCUT2D eigenvalue weighted by Gasteiger charge is -2.28. The second-order valence-corrected chi connectivity index (χ2v) is 4.88. The summed E-state index contributed by atoms with van der Waals surface area (Å²) in [6.45, 7) is 3.03. The van der Waals surface area contributed by atoms with E-state index >= 15 is 0 Å². The molecule has 4 nitrogen and oxygen atoms in total. The number of nitrogens with zero attached hydrogens (tertiary/aromatic N) is 1. The van der Waals surface area contributed by atoms with Crippen LogP contribution in [0.2, 0.25) is 0 Å². The fraction of sp³-hybridized carbons (Fsp3) is 0.800. The molecule has 1 saturated carbocycles. The van der Waals surface area contributed by atoms with Gasteiger partial charge in [-0.2, -0.15) is 0 Å². The van der Waals surface area contributed by atoms with Crippen LogP contribution < -0.4 is 5.69 Å². The van der Waals surface area contributed by atoms with Gasteiger partial charge in [0.05, 0.1) is 0 Å². The minimum Gasteiger partial charge on any atom is -0.272 e. The van der Waals surface area contributed by atoms with E-state index in [1.165, 1.54) is 25.7 Å². The third-order valence-electron chi connectivity index (χ3n) is 3.47. The van der Waals surface area contributed by atoms with Gasteiger partial charge in [0.2, 0.25) is 0 Å². The maximum Gasteiger partial charge on any atom is 0.342 e. The van der Waals surface area contributed by atoms with E-state index in [0.29, 0.717) is 16.6 Å². The predicted molar refractivity (Wildman–Crippen MR) is 61.4 cm³/mol. The molecule has 1 aliphatic carbocycles. The van der Waals surface area contributed by atoms with E-state index in [0.717, 1.165) is 6.54 Å². The van der Waals surface area contributed by atoms with Crippen molar-refractivity contribution in [3.63, 3.8) is 0 Å². The lowest BCUT2D eigenvalue weighted by Crippen LogP contribution is -2.27. The molecule has 2 N–H and O–H groups in total. The van der Waals surface area contributed by atoms with Crippen LogP contribution in [0.25, 0.3) is 0 Å². The van der Waals surface area contributed by atoms with Gasteiger partial charge in [-0.15, -0.1) is 0 Å². The van der Waals surface area contributed by atoms with Crippen molar-refractivity contribution >= 4 is 12.2 Å². The highest BCUT2D eigenvalue weighted by molar-refractivity contribution is 7.71. The number of H-pyrrole nitrogens is 2. The summed E-state index contributed by atoms with van der Waals surface area (Å²) < 4.78 is 2.15. The van der Waals surface area contributed by atoms with E-state index in [1.807, 2.05) is 0 Å². The zero-order valence-electron chi connectivity index (χ0n) is 8.95. The Morgan fingerprint density at radius 2 is 2.13 bits per heavy atom. The topological polar surface area (TPSA) is 53.6 Å². The Morgan fingerprint density at radius 1 is 1.40 bits per heavy atom. The molecule has 15 heavy (non-hydrogen) atoms. The summed E-state index contributed by atoms with van der Waals surface area (Å²) in [7, 11) is 0. The van der Waals surface area contributed by atoms with E-state index < -0.39 is 0 Å². The predicted octanol–water partition coefficient (Wildman–Crippen LogP) is 2.06. The average Bonchev–Trinajstić information content (AvgIpc) is 2.53. The van der Waals surface area contributed by atoms with Gasteiger partial charge in [0.25, 0.3) is 0 Å². The summed E-state index contributed by atoms with van der Waals surface area (Å²) in [5.41, 5.74) is -0.113. The van der Waals surface area contributed by atoms with E-state index in [9.17, 15) is 4.79 Å². The highest BCUT2D eigenvalue weighted by Gasteiger charge is 2.22.